The fourth-order valence-electron chi connectivity index (χ4n) is 3.68. The first-order valence-corrected chi connectivity index (χ1v) is 8.67. The molecule has 0 spiro atoms. The Kier molecular flexibility index (Phi) is 6.06. The predicted molar refractivity (Wildman–Crippen MR) is 83.4 cm³/mol. The van der Waals surface area contributed by atoms with Crippen LogP contribution in [0.1, 0.15) is 65.2 Å². The van der Waals surface area contributed by atoms with Crippen molar-refractivity contribution >= 4 is 5.97 Å². The molecule has 0 aromatic rings. The van der Waals surface area contributed by atoms with Crippen LogP contribution in [-0.4, -0.2) is 35.9 Å². The summed E-state index contributed by atoms with van der Waals surface area (Å²) in [6.07, 6.45) is 8.33. The molecule has 2 N–H and O–H groups in total. The lowest BCUT2D eigenvalue weighted by atomic mass is 9.84. The molecule has 2 aliphatic rings. The van der Waals surface area contributed by atoms with Gasteiger partial charge in [-0.2, -0.15) is 0 Å². The Balaban J connectivity index is 1.78. The lowest BCUT2D eigenvalue weighted by Crippen LogP contribution is -2.55. The van der Waals surface area contributed by atoms with Crippen molar-refractivity contribution < 1.29 is 14.6 Å². The van der Waals surface area contributed by atoms with Gasteiger partial charge in [0.2, 0.25) is 0 Å². The summed E-state index contributed by atoms with van der Waals surface area (Å²) in [6.45, 7) is 5.91. The fourth-order valence-corrected chi connectivity index (χ4v) is 3.68. The molecule has 0 aliphatic heterocycles. The number of nitrogens with one attached hydrogen (secondary N) is 1. The molecule has 4 nitrogen and oxygen atoms in total. The number of ether oxygens (including phenoxy) is 1. The zero-order chi connectivity index (χ0) is 15.3. The monoisotopic (exact) mass is 297 g/mol. The highest BCUT2D eigenvalue weighted by Gasteiger charge is 2.50. The molecule has 3 atom stereocenters. The van der Waals surface area contributed by atoms with E-state index in [1.165, 1.54) is 12.8 Å². The molecule has 2 aliphatic carbocycles. The summed E-state index contributed by atoms with van der Waals surface area (Å²) in [4.78, 5) is 11.8. The van der Waals surface area contributed by atoms with Crippen molar-refractivity contribution in [3.8, 4) is 0 Å². The van der Waals surface area contributed by atoms with Crippen LogP contribution in [0.5, 0.6) is 0 Å². The van der Waals surface area contributed by atoms with Gasteiger partial charge in [0.1, 0.15) is 5.54 Å². The minimum absolute atomic E-state index is 0.220. The zero-order valence-corrected chi connectivity index (χ0v) is 13.6. The minimum atomic E-state index is -0.681. The van der Waals surface area contributed by atoms with E-state index in [0.717, 1.165) is 45.1 Å². The maximum absolute atomic E-state index is 11.8. The second kappa shape index (κ2) is 7.59. The Morgan fingerprint density at radius 3 is 2.81 bits per heavy atom. The number of carboxylic acid groups (broad SMARTS) is 1. The van der Waals surface area contributed by atoms with E-state index in [4.69, 9.17) is 4.74 Å². The smallest absolute Gasteiger partial charge is 0.324 e. The lowest BCUT2D eigenvalue weighted by Gasteiger charge is -2.33. The van der Waals surface area contributed by atoms with Gasteiger partial charge in [0.05, 0.1) is 0 Å². The largest absolute Gasteiger partial charge is 0.480 e. The van der Waals surface area contributed by atoms with E-state index in [-0.39, 0.29) is 5.92 Å². The third kappa shape index (κ3) is 4.43. The van der Waals surface area contributed by atoms with Crippen LogP contribution < -0.4 is 5.32 Å². The predicted octanol–water partition coefficient (Wildman–Crippen LogP) is 3.20. The summed E-state index contributed by atoms with van der Waals surface area (Å²) in [6, 6.07) is 0.437. The highest BCUT2D eigenvalue weighted by Crippen LogP contribution is 2.40. The third-order valence-electron chi connectivity index (χ3n) is 5.04. The van der Waals surface area contributed by atoms with Crippen molar-refractivity contribution in [3.63, 3.8) is 0 Å². The SMILES string of the molecule is CCCC(C)COCCC1CCCC1(NC1CC1)C(=O)O. The fraction of sp³-hybridized carbons (Fsp3) is 0.941. The summed E-state index contributed by atoms with van der Waals surface area (Å²) in [7, 11) is 0. The van der Waals surface area contributed by atoms with E-state index < -0.39 is 11.5 Å². The summed E-state index contributed by atoms with van der Waals surface area (Å²) >= 11 is 0. The third-order valence-corrected chi connectivity index (χ3v) is 5.04. The molecule has 0 heterocycles. The molecule has 21 heavy (non-hydrogen) atoms. The number of carboxylic acids is 1. The van der Waals surface area contributed by atoms with Crippen LogP contribution in [0, 0.1) is 11.8 Å². The van der Waals surface area contributed by atoms with Crippen LogP contribution in [0.2, 0.25) is 0 Å². The van der Waals surface area contributed by atoms with Crippen molar-refractivity contribution in [2.75, 3.05) is 13.2 Å². The Hall–Kier alpha value is -0.610. The Bertz CT molecular complexity index is 343. The van der Waals surface area contributed by atoms with Gasteiger partial charge in [0, 0.05) is 19.3 Å². The van der Waals surface area contributed by atoms with Crippen LogP contribution >= 0.6 is 0 Å². The molecule has 2 fully saturated rings. The average molecular weight is 297 g/mol. The Morgan fingerprint density at radius 1 is 1.43 bits per heavy atom. The lowest BCUT2D eigenvalue weighted by molar-refractivity contribution is -0.147. The molecule has 0 aromatic heterocycles. The maximum Gasteiger partial charge on any atom is 0.324 e. The first-order valence-electron chi connectivity index (χ1n) is 8.67. The van der Waals surface area contributed by atoms with E-state index in [9.17, 15) is 9.90 Å². The maximum atomic E-state index is 11.8. The second-order valence-corrected chi connectivity index (χ2v) is 7.04. The van der Waals surface area contributed by atoms with Crippen molar-refractivity contribution in [2.45, 2.75) is 76.8 Å². The van der Waals surface area contributed by atoms with E-state index in [1.54, 1.807) is 0 Å². The van der Waals surface area contributed by atoms with Gasteiger partial charge < -0.3 is 9.84 Å². The van der Waals surface area contributed by atoms with Gasteiger partial charge in [0.15, 0.2) is 0 Å². The molecule has 3 unspecified atom stereocenters. The molecule has 2 rings (SSSR count). The van der Waals surface area contributed by atoms with Gasteiger partial charge in [-0.3, -0.25) is 10.1 Å². The van der Waals surface area contributed by atoms with E-state index in [0.29, 0.717) is 18.6 Å². The highest BCUT2D eigenvalue weighted by molar-refractivity contribution is 5.80. The van der Waals surface area contributed by atoms with Gasteiger partial charge in [0.25, 0.3) is 0 Å². The van der Waals surface area contributed by atoms with Crippen molar-refractivity contribution in [1.29, 1.82) is 0 Å². The van der Waals surface area contributed by atoms with Gasteiger partial charge >= 0.3 is 5.97 Å². The first-order chi connectivity index (χ1) is 10.1. The highest BCUT2D eigenvalue weighted by atomic mass is 16.5. The van der Waals surface area contributed by atoms with Crippen LogP contribution in [0.4, 0.5) is 0 Å². The molecule has 0 aromatic carbocycles. The van der Waals surface area contributed by atoms with E-state index in [1.807, 2.05) is 0 Å². The average Bonchev–Trinajstić information content (AvgIpc) is 3.14. The molecule has 2 saturated carbocycles. The van der Waals surface area contributed by atoms with Gasteiger partial charge in [-0.1, -0.05) is 26.7 Å². The standard InChI is InChI=1S/C17H31NO3/c1-3-5-13(2)12-21-11-9-14-6-4-10-17(14,16(19)20)18-15-7-8-15/h13-15,18H,3-12H2,1-2H3,(H,19,20). The zero-order valence-electron chi connectivity index (χ0n) is 13.6. The molecule has 0 saturated heterocycles. The molecule has 0 radical (unpaired) electrons. The number of aliphatic carboxylic acids is 1. The van der Waals surface area contributed by atoms with E-state index in [2.05, 4.69) is 19.2 Å². The number of carbonyl (C=O) groups is 1. The van der Waals surface area contributed by atoms with Gasteiger partial charge in [-0.05, 0) is 50.4 Å². The Labute approximate surface area is 128 Å². The topological polar surface area (TPSA) is 58.6 Å². The Morgan fingerprint density at radius 2 is 2.19 bits per heavy atom. The van der Waals surface area contributed by atoms with Crippen LogP contribution in [0.3, 0.4) is 0 Å². The molecular weight excluding hydrogens is 266 g/mol. The van der Waals surface area contributed by atoms with Crippen molar-refractivity contribution in [2.24, 2.45) is 11.8 Å². The normalized spacial score (nSPS) is 30.5. The molecule has 0 amide bonds. The van der Waals surface area contributed by atoms with Crippen molar-refractivity contribution in [1.82, 2.24) is 5.32 Å². The molecule has 122 valence electrons. The quantitative estimate of drug-likeness (QED) is 0.608. The van der Waals surface area contributed by atoms with Gasteiger partial charge in [-0.15, -0.1) is 0 Å². The molecule has 4 heteroatoms. The number of hydrogen-bond donors (Lipinski definition) is 2. The number of hydrogen-bond acceptors (Lipinski definition) is 3. The number of rotatable bonds is 10. The first kappa shape index (κ1) is 16.8. The molecular formula is C17H31NO3. The molecule has 0 bridgehead atoms. The summed E-state index contributed by atoms with van der Waals surface area (Å²) < 4.78 is 5.78. The van der Waals surface area contributed by atoms with Crippen molar-refractivity contribution in [3.05, 3.63) is 0 Å². The van der Waals surface area contributed by atoms with Crippen LogP contribution in [-0.2, 0) is 9.53 Å². The minimum Gasteiger partial charge on any atom is -0.480 e. The van der Waals surface area contributed by atoms with E-state index >= 15 is 0 Å². The summed E-state index contributed by atoms with van der Waals surface area (Å²) in [5.41, 5.74) is -0.681. The van der Waals surface area contributed by atoms with Gasteiger partial charge in [-0.25, -0.2) is 0 Å². The van der Waals surface area contributed by atoms with Crippen LogP contribution in [0.15, 0.2) is 0 Å². The summed E-state index contributed by atoms with van der Waals surface area (Å²) in [5.74, 6) is 0.167. The second-order valence-electron chi connectivity index (χ2n) is 7.04. The summed E-state index contributed by atoms with van der Waals surface area (Å²) in [5, 5.41) is 13.2. The van der Waals surface area contributed by atoms with Crippen LogP contribution in [0.25, 0.3) is 0 Å².